The summed E-state index contributed by atoms with van der Waals surface area (Å²) in [5, 5.41) is 6.36. The van der Waals surface area contributed by atoms with Crippen molar-refractivity contribution in [1.82, 2.24) is 15.1 Å². The van der Waals surface area contributed by atoms with Crippen LogP contribution < -0.4 is 10.6 Å². The van der Waals surface area contributed by atoms with Crippen LogP contribution in [-0.2, 0) is 9.59 Å². The predicted octanol–water partition coefficient (Wildman–Crippen LogP) is 3.19. The number of rotatable bonds is 6. The van der Waals surface area contributed by atoms with Crippen molar-refractivity contribution in [3.05, 3.63) is 29.3 Å². The zero-order chi connectivity index (χ0) is 22.5. The molecule has 1 aliphatic heterocycles. The maximum atomic E-state index is 12.9. The number of aryl methyl sites for hydroxylation is 1. The smallest absolute Gasteiger partial charge is 0.238 e. The van der Waals surface area contributed by atoms with Crippen molar-refractivity contribution < 1.29 is 9.59 Å². The molecule has 6 heteroatoms. The summed E-state index contributed by atoms with van der Waals surface area (Å²) in [6, 6.07) is 6.14. The van der Waals surface area contributed by atoms with E-state index >= 15 is 0 Å². The van der Waals surface area contributed by atoms with Crippen molar-refractivity contribution in [1.29, 1.82) is 0 Å². The molecule has 1 saturated heterocycles. The largest absolute Gasteiger partial charge is 0.352 e. The first-order valence-electron chi connectivity index (χ1n) is 11.9. The monoisotopic (exact) mass is 428 g/mol. The molecule has 0 radical (unpaired) electrons. The second kappa shape index (κ2) is 10.6. The van der Waals surface area contributed by atoms with Gasteiger partial charge in [0, 0.05) is 37.9 Å². The van der Waals surface area contributed by atoms with Crippen molar-refractivity contribution in [3.8, 4) is 0 Å². The van der Waals surface area contributed by atoms with E-state index < -0.39 is 0 Å². The number of hydrogen-bond acceptors (Lipinski definition) is 4. The molecular formula is C25H40N4O2. The molecule has 6 nitrogen and oxygen atoms in total. The zero-order valence-corrected chi connectivity index (χ0v) is 19.9. The first kappa shape index (κ1) is 23.7. The first-order valence-corrected chi connectivity index (χ1v) is 11.9. The van der Waals surface area contributed by atoms with Gasteiger partial charge in [0.15, 0.2) is 0 Å². The summed E-state index contributed by atoms with van der Waals surface area (Å²) in [5.74, 6) is 1.38. The molecule has 2 aliphatic rings. The van der Waals surface area contributed by atoms with E-state index in [0.29, 0.717) is 24.4 Å². The van der Waals surface area contributed by atoms with Crippen LogP contribution in [0.3, 0.4) is 0 Å². The number of hydrogen-bond donors (Lipinski definition) is 2. The molecular weight excluding hydrogens is 388 g/mol. The molecule has 0 unspecified atom stereocenters. The minimum atomic E-state index is -0.129. The highest BCUT2D eigenvalue weighted by Gasteiger charge is 2.31. The Balaban J connectivity index is 1.43. The van der Waals surface area contributed by atoms with E-state index in [1.807, 2.05) is 26.0 Å². The van der Waals surface area contributed by atoms with Gasteiger partial charge in [0.1, 0.15) is 0 Å². The van der Waals surface area contributed by atoms with Crippen LogP contribution in [0.5, 0.6) is 0 Å². The molecule has 1 aromatic rings. The minimum Gasteiger partial charge on any atom is -0.352 e. The van der Waals surface area contributed by atoms with Gasteiger partial charge in [0.2, 0.25) is 11.8 Å². The lowest BCUT2D eigenvalue weighted by Crippen LogP contribution is -2.56. The van der Waals surface area contributed by atoms with Gasteiger partial charge in [0.25, 0.3) is 0 Å². The van der Waals surface area contributed by atoms with Gasteiger partial charge in [-0.05, 0) is 56.2 Å². The van der Waals surface area contributed by atoms with E-state index in [-0.39, 0.29) is 17.9 Å². The van der Waals surface area contributed by atoms with E-state index in [4.69, 9.17) is 0 Å². The van der Waals surface area contributed by atoms with Gasteiger partial charge in [-0.2, -0.15) is 0 Å². The lowest BCUT2D eigenvalue weighted by atomic mass is 9.78. The van der Waals surface area contributed by atoms with E-state index in [2.05, 4.69) is 47.3 Å². The summed E-state index contributed by atoms with van der Waals surface area (Å²) in [5.41, 5.74) is 3.18. The maximum Gasteiger partial charge on any atom is 0.238 e. The van der Waals surface area contributed by atoms with Crippen molar-refractivity contribution in [2.45, 2.75) is 66.0 Å². The van der Waals surface area contributed by atoms with Gasteiger partial charge in [-0.3, -0.25) is 19.4 Å². The zero-order valence-electron chi connectivity index (χ0n) is 19.9. The van der Waals surface area contributed by atoms with Gasteiger partial charge < -0.3 is 10.6 Å². The van der Waals surface area contributed by atoms with Crippen LogP contribution in [0.15, 0.2) is 18.2 Å². The molecule has 4 atom stereocenters. The topological polar surface area (TPSA) is 64.7 Å². The maximum absolute atomic E-state index is 12.9. The summed E-state index contributed by atoms with van der Waals surface area (Å²) >= 11 is 0. The van der Waals surface area contributed by atoms with Crippen LogP contribution in [0.2, 0.25) is 0 Å². The molecule has 2 amide bonds. The molecule has 2 N–H and O–H groups in total. The van der Waals surface area contributed by atoms with Crippen molar-refractivity contribution in [2.24, 2.45) is 11.8 Å². The van der Waals surface area contributed by atoms with Crippen molar-refractivity contribution in [2.75, 3.05) is 38.0 Å². The Hall–Kier alpha value is -1.92. The number of amides is 2. The molecule has 1 heterocycles. The van der Waals surface area contributed by atoms with E-state index in [9.17, 15) is 9.59 Å². The summed E-state index contributed by atoms with van der Waals surface area (Å²) < 4.78 is 0. The number of nitrogens with one attached hydrogen (secondary N) is 2. The standard InChI is InChI=1S/C25H40N4O2/c1-17-8-6-10-22(19(17)3)26-24(30)16-28-12-14-29(15-13-28)21(5)25(31)27-23-11-7-9-18(2)20(23)4/h6,8,10,18,20-21,23H,7,9,11-16H2,1-5H3,(H,26,30)(H,27,31)/t18-,20-,21-,23-/m0/s1. The third-order valence-corrected chi connectivity index (χ3v) is 7.61. The van der Waals surface area contributed by atoms with E-state index in [0.717, 1.165) is 43.9 Å². The van der Waals surface area contributed by atoms with E-state index in [1.54, 1.807) is 0 Å². The minimum absolute atomic E-state index is 0.0216. The average Bonchev–Trinajstić information content (AvgIpc) is 2.74. The summed E-state index contributed by atoms with van der Waals surface area (Å²) in [7, 11) is 0. The Labute approximate surface area is 187 Å². The third kappa shape index (κ3) is 6.07. The van der Waals surface area contributed by atoms with Crippen LogP contribution in [0.1, 0.15) is 51.2 Å². The highest BCUT2D eigenvalue weighted by molar-refractivity contribution is 5.93. The number of benzene rings is 1. The number of piperazine rings is 1. The highest BCUT2D eigenvalue weighted by Crippen LogP contribution is 2.29. The average molecular weight is 429 g/mol. The van der Waals surface area contributed by atoms with Crippen molar-refractivity contribution in [3.63, 3.8) is 0 Å². The summed E-state index contributed by atoms with van der Waals surface area (Å²) in [6.07, 6.45) is 3.56. The Morgan fingerprint density at radius 2 is 1.81 bits per heavy atom. The highest BCUT2D eigenvalue weighted by atomic mass is 16.2. The second-order valence-corrected chi connectivity index (χ2v) is 9.67. The third-order valence-electron chi connectivity index (χ3n) is 7.61. The summed E-state index contributed by atoms with van der Waals surface area (Å²) in [6.45, 7) is 14.3. The van der Waals surface area contributed by atoms with E-state index in [1.165, 1.54) is 18.4 Å². The molecule has 1 saturated carbocycles. The van der Waals surface area contributed by atoms with Crippen LogP contribution in [0.25, 0.3) is 0 Å². The molecule has 0 bridgehead atoms. The molecule has 1 aliphatic carbocycles. The van der Waals surface area contributed by atoms with Crippen LogP contribution in [-0.4, -0.2) is 66.4 Å². The summed E-state index contributed by atoms with van der Waals surface area (Å²) in [4.78, 5) is 29.8. The molecule has 2 fully saturated rings. The van der Waals surface area contributed by atoms with Gasteiger partial charge in [-0.25, -0.2) is 0 Å². The Morgan fingerprint density at radius 1 is 1.10 bits per heavy atom. The predicted molar refractivity (Wildman–Crippen MR) is 126 cm³/mol. The molecule has 0 aromatic heterocycles. The van der Waals surface area contributed by atoms with Crippen LogP contribution >= 0.6 is 0 Å². The fraction of sp³-hybridized carbons (Fsp3) is 0.680. The van der Waals surface area contributed by atoms with Crippen LogP contribution in [0, 0.1) is 25.7 Å². The van der Waals surface area contributed by atoms with Gasteiger partial charge in [-0.1, -0.05) is 38.8 Å². The quantitative estimate of drug-likeness (QED) is 0.730. The molecule has 31 heavy (non-hydrogen) atoms. The fourth-order valence-electron chi connectivity index (χ4n) is 4.84. The normalized spacial score (nSPS) is 26.3. The fourth-order valence-corrected chi connectivity index (χ4v) is 4.84. The molecule has 172 valence electrons. The number of nitrogens with zero attached hydrogens (tertiary/aromatic N) is 2. The van der Waals surface area contributed by atoms with Gasteiger partial charge in [-0.15, -0.1) is 0 Å². The van der Waals surface area contributed by atoms with Gasteiger partial charge in [0.05, 0.1) is 12.6 Å². The lowest BCUT2D eigenvalue weighted by Gasteiger charge is -2.39. The number of anilines is 1. The van der Waals surface area contributed by atoms with Crippen molar-refractivity contribution >= 4 is 17.5 Å². The lowest BCUT2D eigenvalue weighted by molar-refractivity contribution is -0.128. The molecule has 0 spiro atoms. The second-order valence-electron chi connectivity index (χ2n) is 9.67. The first-order chi connectivity index (χ1) is 14.8. The number of carbonyl (C=O) groups excluding carboxylic acids is 2. The Kier molecular flexibility index (Phi) is 8.11. The Bertz CT molecular complexity index is 773. The molecule has 1 aromatic carbocycles. The number of carbonyl (C=O) groups is 2. The SMILES string of the molecule is Cc1cccc(NC(=O)CN2CCN([C@@H](C)C(=O)N[C@H]3CCC[C@H](C)[C@@H]3C)CC2)c1C. The van der Waals surface area contributed by atoms with Crippen LogP contribution in [0.4, 0.5) is 5.69 Å². The Morgan fingerprint density at radius 3 is 2.52 bits per heavy atom. The van der Waals surface area contributed by atoms with Gasteiger partial charge >= 0.3 is 0 Å². The molecule has 3 rings (SSSR count).